The largest absolute Gasteiger partial charge is 0.479 e. The Labute approximate surface area is 71.2 Å². The van der Waals surface area contributed by atoms with Crippen molar-refractivity contribution in [2.75, 3.05) is 26.7 Å². The SMILES string of the molecule is CN(CCO)CC(C)(O)C(=O)O. The zero-order chi connectivity index (χ0) is 9.78. The highest BCUT2D eigenvalue weighted by molar-refractivity contribution is 5.76. The number of aliphatic hydroxyl groups excluding tert-OH is 1. The van der Waals surface area contributed by atoms with E-state index in [2.05, 4.69) is 0 Å². The van der Waals surface area contributed by atoms with Gasteiger partial charge in [-0.3, -0.25) is 0 Å². The van der Waals surface area contributed by atoms with Crippen molar-refractivity contribution < 1.29 is 20.1 Å². The maximum atomic E-state index is 10.4. The maximum absolute atomic E-state index is 10.4. The minimum atomic E-state index is -1.75. The third-order valence-electron chi connectivity index (χ3n) is 1.52. The minimum absolute atomic E-state index is 0.00287. The molecule has 0 saturated carbocycles. The Morgan fingerprint density at radius 1 is 1.58 bits per heavy atom. The smallest absolute Gasteiger partial charge is 0.336 e. The lowest BCUT2D eigenvalue weighted by atomic mass is 10.1. The van der Waals surface area contributed by atoms with Gasteiger partial charge < -0.3 is 20.2 Å². The summed E-state index contributed by atoms with van der Waals surface area (Å²) in [6, 6.07) is 0. The molecular weight excluding hydrogens is 162 g/mol. The van der Waals surface area contributed by atoms with Gasteiger partial charge >= 0.3 is 5.97 Å². The van der Waals surface area contributed by atoms with E-state index in [1.54, 1.807) is 11.9 Å². The minimum Gasteiger partial charge on any atom is -0.479 e. The summed E-state index contributed by atoms with van der Waals surface area (Å²) in [6.07, 6.45) is 0. The van der Waals surface area contributed by atoms with Gasteiger partial charge in [0.25, 0.3) is 0 Å². The Balaban J connectivity index is 3.96. The molecule has 0 aliphatic carbocycles. The van der Waals surface area contributed by atoms with Gasteiger partial charge in [0.2, 0.25) is 0 Å². The molecule has 3 N–H and O–H groups in total. The van der Waals surface area contributed by atoms with Gasteiger partial charge in [0.1, 0.15) is 0 Å². The van der Waals surface area contributed by atoms with Crippen LogP contribution in [0.5, 0.6) is 0 Å². The van der Waals surface area contributed by atoms with Crippen LogP contribution in [-0.2, 0) is 4.79 Å². The predicted octanol–water partition coefficient (Wildman–Crippen LogP) is -1.25. The average molecular weight is 177 g/mol. The van der Waals surface area contributed by atoms with Crippen molar-refractivity contribution in [3.63, 3.8) is 0 Å². The first-order valence-corrected chi connectivity index (χ1v) is 3.65. The number of aliphatic carboxylic acids is 1. The van der Waals surface area contributed by atoms with Gasteiger partial charge in [0, 0.05) is 13.1 Å². The molecule has 0 heterocycles. The second-order valence-corrected chi connectivity index (χ2v) is 3.04. The zero-order valence-corrected chi connectivity index (χ0v) is 7.32. The fourth-order valence-electron chi connectivity index (χ4n) is 0.843. The number of carbonyl (C=O) groups is 1. The predicted molar refractivity (Wildman–Crippen MR) is 42.8 cm³/mol. The van der Waals surface area contributed by atoms with E-state index in [1.807, 2.05) is 0 Å². The molecule has 72 valence electrons. The topological polar surface area (TPSA) is 81.0 Å². The Morgan fingerprint density at radius 2 is 2.08 bits per heavy atom. The molecule has 0 saturated heterocycles. The van der Waals surface area contributed by atoms with Crippen LogP contribution in [0.4, 0.5) is 0 Å². The van der Waals surface area contributed by atoms with Gasteiger partial charge in [0.05, 0.1) is 6.61 Å². The summed E-state index contributed by atoms with van der Waals surface area (Å²) >= 11 is 0. The normalized spacial score (nSPS) is 16.1. The van der Waals surface area contributed by atoms with E-state index in [0.717, 1.165) is 0 Å². The molecule has 0 aromatic rings. The van der Waals surface area contributed by atoms with E-state index >= 15 is 0 Å². The summed E-state index contributed by atoms with van der Waals surface area (Å²) in [5, 5.41) is 26.3. The van der Waals surface area contributed by atoms with E-state index in [0.29, 0.717) is 6.54 Å². The van der Waals surface area contributed by atoms with Crippen molar-refractivity contribution in [2.24, 2.45) is 0 Å². The number of hydrogen-bond acceptors (Lipinski definition) is 4. The zero-order valence-electron chi connectivity index (χ0n) is 7.32. The fraction of sp³-hybridized carbons (Fsp3) is 0.857. The number of carboxylic acids is 1. The van der Waals surface area contributed by atoms with E-state index in [-0.39, 0.29) is 13.2 Å². The van der Waals surface area contributed by atoms with E-state index in [4.69, 9.17) is 10.2 Å². The quantitative estimate of drug-likeness (QED) is 0.488. The summed E-state index contributed by atoms with van der Waals surface area (Å²) in [4.78, 5) is 12.0. The van der Waals surface area contributed by atoms with Crippen LogP contribution in [-0.4, -0.2) is 58.5 Å². The van der Waals surface area contributed by atoms with Crippen LogP contribution < -0.4 is 0 Å². The van der Waals surface area contributed by atoms with Crippen LogP contribution in [0.3, 0.4) is 0 Å². The average Bonchev–Trinajstić information content (AvgIpc) is 1.85. The fourth-order valence-corrected chi connectivity index (χ4v) is 0.843. The Bertz CT molecular complexity index is 157. The summed E-state index contributed by atoms with van der Waals surface area (Å²) in [5.41, 5.74) is -1.75. The highest BCUT2D eigenvalue weighted by Crippen LogP contribution is 2.04. The van der Waals surface area contributed by atoms with Gasteiger partial charge in [-0.2, -0.15) is 0 Å². The molecule has 0 aliphatic rings. The van der Waals surface area contributed by atoms with E-state index < -0.39 is 11.6 Å². The summed E-state index contributed by atoms with van der Waals surface area (Å²) in [7, 11) is 1.63. The highest BCUT2D eigenvalue weighted by Gasteiger charge is 2.30. The molecular formula is C7H15NO4. The number of nitrogens with zero attached hydrogens (tertiary/aromatic N) is 1. The maximum Gasteiger partial charge on any atom is 0.336 e. The molecule has 5 heteroatoms. The number of hydrogen-bond donors (Lipinski definition) is 3. The van der Waals surface area contributed by atoms with Crippen molar-refractivity contribution in [3.8, 4) is 0 Å². The third-order valence-corrected chi connectivity index (χ3v) is 1.52. The van der Waals surface area contributed by atoms with Crippen LogP contribution in [0.2, 0.25) is 0 Å². The van der Waals surface area contributed by atoms with Gasteiger partial charge in [-0.05, 0) is 14.0 Å². The van der Waals surface area contributed by atoms with Crippen LogP contribution in [0.15, 0.2) is 0 Å². The number of aliphatic hydroxyl groups is 2. The van der Waals surface area contributed by atoms with E-state index in [1.165, 1.54) is 6.92 Å². The lowest BCUT2D eigenvalue weighted by Crippen LogP contribution is -2.46. The van der Waals surface area contributed by atoms with Crippen molar-refractivity contribution in [1.82, 2.24) is 4.90 Å². The van der Waals surface area contributed by atoms with Crippen LogP contribution >= 0.6 is 0 Å². The lowest BCUT2D eigenvalue weighted by Gasteiger charge is -2.24. The molecule has 0 amide bonds. The third kappa shape index (κ3) is 3.66. The van der Waals surface area contributed by atoms with Crippen LogP contribution in [0, 0.1) is 0 Å². The van der Waals surface area contributed by atoms with Gasteiger partial charge in [-0.25, -0.2) is 4.79 Å². The molecule has 0 aromatic heterocycles. The first-order chi connectivity index (χ1) is 5.40. The molecule has 12 heavy (non-hydrogen) atoms. The monoisotopic (exact) mass is 177 g/mol. The van der Waals surface area contributed by atoms with Gasteiger partial charge in [-0.15, -0.1) is 0 Å². The van der Waals surface area contributed by atoms with Gasteiger partial charge in [-0.1, -0.05) is 0 Å². The summed E-state index contributed by atoms with van der Waals surface area (Å²) < 4.78 is 0. The van der Waals surface area contributed by atoms with E-state index in [9.17, 15) is 9.90 Å². The van der Waals surface area contributed by atoms with Crippen LogP contribution in [0.25, 0.3) is 0 Å². The molecule has 0 aromatic carbocycles. The first kappa shape index (κ1) is 11.4. The molecule has 0 bridgehead atoms. The molecule has 0 spiro atoms. The van der Waals surface area contributed by atoms with Gasteiger partial charge in [0.15, 0.2) is 5.60 Å². The summed E-state index contributed by atoms with van der Waals surface area (Å²) in [5.74, 6) is -1.26. The molecule has 5 nitrogen and oxygen atoms in total. The lowest BCUT2D eigenvalue weighted by molar-refractivity contribution is -0.158. The molecule has 1 atom stereocenters. The molecule has 0 rings (SSSR count). The van der Waals surface area contributed by atoms with Crippen molar-refractivity contribution in [3.05, 3.63) is 0 Å². The molecule has 1 unspecified atom stereocenters. The Morgan fingerprint density at radius 3 is 2.42 bits per heavy atom. The summed E-state index contributed by atoms with van der Waals surface area (Å²) in [6.45, 7) is 1.53. The van der Waals surface area contributed by atoms with Crippen molar-refractivity contribution in [2.45, 2.75) is 12.5 Å². The second-order valence-electron chi connectivity index (χ2n) is 3.04. The van der Waals surface area contributed by atoms with Crippen LogP contribution in [0.1, 0.15) is 6.92 Å². The Kier molecular flexibility index (Phi) is 4.16. The first-order valence-electron chi connectivity index (χ1n) is 3.65. The molecule has 0 aliphatic heterocycles. The van der Waals surface area contributed by atoms with Crippen molar-refractivity contribution >= 4 is 5.97 Å². The number of carboxylic acid groups (broad SMARTS) is 1. The second kappa shape index (κ2) is 4.39. The van der Waals surface area contributed by atoms with Crippen molar-refractivity contribution in [1.29, 1.82) is 0 Å². The molecule has 0 fully saturated rings. The number of likely N-dealkylation sites (N-methyl/N-ethyl adjacent to an activating group) is 1. The Hall–Kier alpha value is -0.650. The number of rotatable bonds is 5. The highest BCUT2D eigenvalue weighted by atomic mass is 16.4. The standard InChI is InChI=1S/C7H15NO4/c1-7(12,6(10)11)5-8(2)3-4-9/h9,12H,3-5H2,1-2H3,(H,10,11). The molecule has 0 radical (unpaired) electrons.